The van der Waals surface area contributed by atoms with E-state index in [1.165, 1.54) is 26.4 Å². The fourth-order valence-corrected chi connectivity index (χ4v) is 6.62. The number of aliphatic hydroxyl groups excluding tert-OH is 2. The number of aliphatic carboxylic acids is 2. The van der Waals surface area contributed by atoms with E-state index in [4.69, 9.17) is 5.73 Å². The zero-order chi connectivity index (χ0) is 47.0. The summed E-state index contributed by atoms with van der Waals surface area (Å²) in [6, 6.07) is -2.51. The average Bonchev–Trinajstić information content (AvgIpc) is 3.94. The van der Waals surface area contributed by atoms with Gasteiger partial charge in [0.15, 0.2) is 0 Å². The molecule has 1 aromatic heterocycles. The predicted octanol–water partition coefficient (Wildman–Crippen LogP) is -3.58. The van der Waals surface area contributed by atoms with Gasteiger partial charge in [-0.3, -0.25) is 38.4 Å². The molecule has 3 rings (SSSR count). The third kappa shape index (κ3) is 15.4. The third-order valence-electron chi connectivity index (χ3n) is 10.1. The Balaban J connectivity index is 1.80. The molecule has 0 bridgehead atoms. The second kappa shape index (κ2) is 24.2. The van der Waals surface area contributed by atoms with Crippen LogP contribution < -0.4 is 37.6 Å². The summed E-state index contributed by atoms with van der Waals surface area (Å²) in [6.07, 6.45) is 0.297. The maximum Gasteiger partial charge on any atom is 0.328 e. The highest BCUT2D eigenvalue weighted by Gasteiger charge is 2.42. The van der Waals surface area contributed by atoms with Gasteiger partial charge in [-0.2, -0.15) is 0 Å². The molecule has 1 aliphatic heterocycles. The summed E-state index contributed by atoms with van der Waals surface area (Å²) in [5, 5.41) is 53.6. The summed E-state index contributed by atoms with van der Waals surface area (Å²) < 4.78 is 0. The second-order valence-corrected chi connectivity index (χ2v) is 15.6. The highest BCUT2D eigenvalue weighted by molar-refractivity contribution is 5.98. The Bertz CT molecular complexity index is 1910. The topological polar surface area (TPSA) is 365 Å². The molecule has 23 heteroatoms. The van der Waals surface area contributed by atoms with Crippen LogP contribution in [0.1, 0.15) is 64.6 Å². The van der Waals surface area contributed by atoms with Crippen LogP contribution in [0.5, 0.6) is 0 Å². The number of nitrogens with two attached hydrogens (primary N) is 1. The van der Waals surface area contributed by atoms with Gasteiger partial charge >= 0.3 is 11.9 Å². The van der Waals surface area contributed by atoms with E-state index in [0.29, 0.717) is 17.7 Å². The van der Waals surface area contributed by atoms with Gasteiger partial charge in [0, 0.05) is 37.7 Å². The maximum atomic E-state index is 14.1. The Morgan fingerprint density at radius 1 is 0.778 bits per heavy atom. The van der Waals surface area contributed by atoms with Crippen molar-refractivity contribution in [3.8, 4) is 0 Å². The average molecular weight is 887 g/mol. The molecule has 13 N–H and O–H groups in total. The van der Waals surface area contributed by atoms with E-state index in [1.807, 2.05) is 0 Å². The van der Waals surface area contributed by atoms with Crippen molar-refractivity contribution in [1.29, 1.82) is 0 Å². The highest BCUT2D eigenvalue weighted by Crippen LogP contribution is 2.21. The number of imidazole rings is 1. The fourth-order valence-electron chi connectivity index (χ4n) is 6.62. The monoisotopic (exact) mass is 886 g/mol. The summed E-state index contributed by atoms with van der Waals surface area (Å²) in [6.45, 7) is 4.88. The van der Waals surface area contributed by atoms with Crippen molar-refractivity contribution in [2.75, 3.05) is 13.2 Å². The van der Waals surface area contributed by atoms with E-state index in [-0.39, 0.29) is 25.8 Å². The van der Waals surface area contributed by atoms with E-state index in [1.54, 1.807) is 44.2 Å². The zero-order valence-electron chi connectivity index (χ0n) is 35.4. The quantitative estimate of drug-likeness (QED) is 0.0485. The van der Waals surface area contributed by atoms with E-state index < -0.39 is 133 Å². The first-order chi connectivity index (χ1) is 29.7. The molecule has 7 amide bonds. The van der Waals surface area contributed by atoms with Crippen molar-refractivity contribution in [1.82, 2.24) is 46.8 Å². The summed E-state index contributed by atoms with van der Waals surface area (Å²) in [5.41, 5.74) is 6.75. The molecule has 2 aromatic rings. The number of nitrogens with zero attached hydrogens (tertiary/aromatic N) is 2. The van der Waals surface area contributed by atoms with Gasteiger partial charge in [-0.1, -0.05) is 44.2 Å². The molecular weight excluding hydrogens is 828 g/mol. The number of hydrogen-bond acceptors (Lipinski definition) is 13. The highest BCUT2D eigenvalue weighted by atomic mass is 16.4. The number of carboxylic acids is 2. The van der Waals surface area contributed by atoms with Gasteiger partial charge in [0.05, 0.1) is 25.1 Å². The lowest BCUT2D eigenvalue weighted by molar-refractivity contribution is -0.145. The van der Waals surface area contributed by atoms with Gasteiger partial charge in [0.2, 0.25) is 41.4 Å². The van der Waals surface area contributed by atoms with Crippen LogP contribution in [0.3, 0.4) is 0 Å². The summed E-state index contributed by atoms with van der Waals surface area (Å²) in [4.78, 5) is 126. The number of H-pyrrole nitrogens is 1. The predicted molar refractivity (Wildman–Crippen MR) is 221 cm³/mol. The van der Waals surface area contributed by atoms with Gasteiger partial charge < -0.3 is 67.9 Å². The van der Waals surface area contributed by atoms with Gasteiger partial charge in [-0.05, 0) is 44.6 Å². The van der Waals surface area contributed by atoms with E-state index in [9.17, 15) is 63.6 Å². The van der Waals surface area contributed by atoms with Crippen molar-refractivity contribution in [2.45, 2.75) is 121 Å². The molecule has 1 aliphatic rings. The van der Waals surface area contributed by atoms with Crippen molar-refractivity contribution in [3.05, 3.63) is 54.1 Å². The molecule has 0 radical (unpaired) electrons. The van der Waals surface area contributed by atoms with Crippen LogP contribution in [0.25, 0.3) is 0 Å². The Kier molecular flexibility index (Phi) is 19.6. The minimum atomic E-state index is -1.70. The largest absolute Gasteiger partial charge is 0.481 e. The second-order valence-electron chi connectivity index (χ2n) is 15.6. The normalized spacial score (nSPS) is 17.4. The molecule has 2 heterocycles. The molecule has 0 spiro atoms. The number of carboxylic acid groups (broad SMARTS) is 2. The van der Waals surface area contributed by atoms with E-state index in [2.05, 4.69) is 41.9 Å². The van der Waals surface area contributed by atoms with Crippen LogP contribution in [-0.2, 0) is 56.0 Å². The molecule has 0 aliphatic carbocycles. The number of carbonyl (C=O) groups is 9. The lowest BCUT2D eigenvalue weighted by Crippen LogP contribution is -2.62. The van der Waals surface area contributed by atoms with E-state index >= 15 is 0 Å². The Morgan fingerprint density at radius 3 is 1.90 bits per heavy atom. The SMILES string of the molecule is CC(C)[C@H](NC(=O)[C@@H]1CCCN1C(=O)[C@@H](NC(=O)[C@H](CCC(=O)O)NC(=O)[C@H](Cc1ccccc1)NC(=O)[C@H](C)N)[C@@H](C)O)C(=O)N[C@@H](Cc1cnc[nH]1)C(=O)N[C@@H](CO)C(=O)O. The number of rotatable bonds is 24. The van der Waals surface area contributed by atoms with E-state index in [0.717, 1.165) is 4.90 Å². The maximum absolute atomic E-state index is 14.1. The molecule has 0 unspecified atom stereocenters. The fraction of sp³-hybridized carbons (Fsp3) is 0.550. The van der Waals surface area contributed by atoms with Gasteiger partial charge in [-0.15, -0.1) is 0 Å². The molecule has 23 nitrogen and oxygen atoms in total. The van der Waals surface area contributed by atoms with Crippen LogP contribution in [0.15, 0.2) is 42.9 Å². The molecule has 1 saturated heterocycles. The molecule has 63 heavy (non-hydrogen) atoms. The van der Waals surface area contributed by atoms with Crippen molar-refractivity contribution in [2.24, 2.45) is 11.7 Å². The van der Waals surface area contributed by atoms with Crippen molar-refractivity contribution >= 4 is 53.3 Å². The third-order valence-corrected chi connectivity index (χ3v) is 10.1. The van der Waals surface area contributed by atoms with Crippen molar-refractivity contribution < 1.29 is 63.6 Å². The van der Waals surface area contributed by atoms with Crippen LogP contribution in [0, 0.1) is 5.92 Å². The molecule has 0 saturated carbocycles. The van der Waals surface area contributed by atoms with Crippen molar-refractivity contribution in [3.63, 3.8) is 0 Å². The number of carbonyl (C=O) groups excluding carboxylic acids is 7. The lowest BCUT2D eigenvalue weighted by atomic mass is 10.0. The number of benzene rings is 1. The first kappa shape index (κ1) is 50.9. The molecule has 9 atom stereocenters. The standard InChI is InChI=1S/C40H58N10O13/c1-20(2)31(38(60)46-27(16-24-17-42-19-43-24)36(58)47-28(18-51)40(62)63)48-37(59)29-11-8-14-50(29)39(61)32(22(4)52)49-34(56)25(12-13-30(53)54)44-35(57)26(45-33(55)21(3)41)15-23-9-6-5-7-10-23/h5-7,9-10,17,19-22,25-29,31-32,51-52H,8,11-16,18,41H2,1-4H3,(H,42,43)(H,44,57)(H,45,55)(H,46,60)(H,47,58)(H,48,59)(H,49,56)(H,53,54)(H,62,63)/t21-,22+,25-,26-,27-,28-,29-,31-,32-/m0/s1. The van der Waals surface area contributed by atoms with Gasteiger partial charge in [0.25, 0.3) is 0 Å². The van der Waals surface area contributed by atoms with Gasteiger partial charge in [-0.25, -0.2) is 9.78 Å². The van der Waals surface area contributed by atoms with Crippen LogP contribution >= 0.6 is 0 Å². The number of aliphatic hydroxyl groups is 2. The lowest BCUT2D eigenvalue weighted by Gasteiger charge is -2.32. The number of likely N-dealkylation sites (tertiary alicyclic amines) is 1. The summed E-state index contributed by atoms with van der Waals surface area (Å²) in [7, 11) is 0. The Morgan fingerprint density at radius 2 is 1.37 bits per heavy atom. The number of amides is 7. The summed E-state index contributed by atoms with van der Waals surface area (Å²) in [5.74, 6) is -9.46. The minimum absolute atomic E-state index is 0.00378. The van der Waals surface area contributed by atoms with Gasteiger partial charge in [0.1, 0.15) is 42.3 Å². The zero-order valence-corrected chi connectivity index (χ0v) is 35.4. The number of aromatic nitrogens is 2. The Hall–Kier alpha value is -6.46. The molecular formula is C40H58N10O13. The van der Waals surface area contributed by atoms with Crippen LogP contribution in [0.2, 0.25) is 0 Å². The number of hydrogen-bond donors (Lipinski definition) is 12. The minimum Gasteiger partial charge on any atom is -0.481 e. The number of aromatic amines is 1. The molecule has 1 fully saturated rings. The Labute approximate surface area is 362 Å². The molecule has 1 aromatic carbocycles. The smallest absolute Gasteiger partial charge is 0.328 e. The summed E-state index contributed by atoms with van der Waals surface area (Å²) >= 11 is 0. The number of nitrogens with one attached hydrogen (secondary N) is 7. The molecule has 346 valence electrons. The first-order valence-electron chi connectivity index (χ1n) is 20.4. The first-order valence-corrected chi connectivity index (χ1v) is 20.4. The van der Waals surface area contributed by atoms with Crippen LogP contribution in [-0.4, -0.2) is 156 Å². The van der Waals surface area contributed by atoms with Crippen LogP contribution in [0.4, 0.5) is 0 Å².